The predicted octanol–water partition coefficient (Wildman–Crippen LogP) is 4.89. The Morgan fingerprint density at radius 3 is 1.86 bits per heavy atom. The fraction of sp³-hybridized carbons (Fsp3) is 0.125. The van der Waals surface area contributed by atoms with E-state index < -0.39 is 0 Å². The van der Waals surface area contributed by atoms with Crippen LogP contribution in [0.5, 0.6) is 17.2 Å². The Morgan fingerprint density at radius 2 is 1.34 bits per heavy atom. The molecule has 5 heteroatoms. The fourth-order valence-electron chi connectivity index (χ4n) is 2.97. The average molecular weight is 389 g/mol. The number of hydrogen-bond donors (Lipinski definition) is 1. The molecule has 0 spiro atoms. The fourth-order valence-corrected chi connectivity index (χ4v) is 2.97. The molecule has 148 valence electrons. The highest BCUT2D eigenvalue weighted by Gasteiger charge is 2.17. The molecule has 0 radical (unpaired) electrons. The van der Waals surface area contributed by atoms with E-state index in [-0.39, 0.29) is 5.91 Å². The highest BCUT2D eigenvalue weighted by Crippen LogP contribution is 2.40. The first-order valence-corrected chi connectivity index (χ1v) is 9.09. The van der Waals surface area contributed by atoms with Gasteiger partial charge in [0.05, 0.1) is 21.3 Å². The summed E-state index contributed by atoms with van der Waals surface area (Å²) in [6.45, 7) is 0. The van der Waals surface area contributed by atoms with Crippen molar-refractivity contribution in [2.45, 2.75) is 0 Å². The van der Waals surface area contributed by atoms with Crippen LogP contribution in [-0.4, -0.2) is 27.2 Å². The van der Waals surface area contributed by atoms with Gasteiger partial charge in [-0.05, 0) is 17.2 Å². The summed E-state index contributed by atoms with van der Waals surface area (Å²) in [7, 11) is 4.61. The molecule has 0 aliphatic carbocycles. The van der Waals surface area contributed by atoms with E-state index >= 15 is 0 Å². The van der Waals surface area contributed by atoms with Crippen LogP contribution in [-0.2, 0) is 4.79 Å². The maximum Gasteiger partial charge on any atom is 0.256 e. The normalized spacial score (nSPS) is 10.9. The van der Waals surface area contributed by atoms with Crippen molar-refractivity contribution in [3.63, 3.8) is 0 Å². The zero-order valence-electron chi connectivity index (χ0n) is 16.6. The van der Waals surface area contributed by atoms with Gasteiger partial charge in [-0.1, -0.05) is 60.7 Å². The second-order valence-corrected chi connectivity index (χ2v) is 6.20. The first kappa shape index (κ1) is 20.0. The lowest BCUT2D eigenvalue weighted by Crippen LogP contribution is -2.14. The Labute approximate surface area is 170 Å². The van der Waals surface area contributed by atoms with Gasteiger partial charge in [-0.2, -0.15) is 0 Å². The molecule has 0 heterocycles. The molecule has 0 atom stereocenters. The first-order valence-electron chi connectivity index (χ1n) is 9.09. The molecule has 0 saturated heterocycles. The topological polar surface area (TPSA) is 56.8 Å². The van der Waals surface area contributed by atoms with Crippen LogP contribution in [0.15, 0.2) is 72.8 Å². The molecule has 3 aromatic rings. The molecule has 0 saturated carbocycles. The van der Waals surface area contributed by atoms with Gasteiger partial charge in [0.25, 0.3) is 5.91 Å². The monoisotopic (exact) mass is 389 g/mol. The Bertz CT molecular complexity index is 973. The average Bonchev–Trinajstić information content (AvgIpc) is 2.77. The van der Waals surface area contributed by atoms with Crippen LogP contribution in [0.4, 0.5) is 5.69 Å². The summed E-state index contributed by atoms with van der Waals surface area (Å²) in [5, 5.41) is 2.94. The summed E-state index contributed by atoms with van der Waals surface area (Å²) in [5.74, 6) is 1.16. The standard InChI is InChI=1S/C24H23NO4/c1-27-21-15-19(16-22(28-2)23(21)29-3)25-24(26)20(18-12-8-5-9-13-18)14-17-10-6-4-7-11-17/h4-16H,1-3H3,(H,25,26)/b20-14+. The molecule has 1 N–H and O–H groups in total. The van der Waals surface area contributed by atoms with Crippen molar-refractivity contribution < 1.29 is 19.0 Å². The number of carbonyl (C=O) groups excluding carboxylic acids is 1. The molecule has 0 fully saturated rings. The summed E-state index contributed by atoms with van der Waals surface area (Å²) in [5.41, 5.74) is 2.85. The van der Waals surface area contributed by atoms with Crippen LogP contribution in [0.25, 0.3) is 11.6 Å². The molecule has 0 aliphatic rings. The Hall–Kier alpha value is -3.73. The van der Waals surface area contributed by atoms with Crippen molar-refractivity contribution in [1.29, 1.82) is 0 Å². The van der Waals surface area contributed by atoms with E-state index in [4.69, 9.17) is 14.2 Å². The molecular weight excluding hydrogens is 366 g/mol. The van der Waals surface area contributed by atoms with Crippen molar-refractivity contribution in [2.24, 2.45) is 0 Å². The first-order chi connectivity index (χ1) is 14.2. The van der Waals surface area contributed by atoms with Gasteiger partial charge in [0.1, 0.15) is 0 Å². The summed E-state index contributed by atoms with van der Waals surface area (Å²) < 4.78 is 16.1. The minimum Gasteiger partial charge on any atom is -0.493 e. The smallest absolute Gasteiger partial charge is 0.256 e. The summed E-state index contributed by atoms with van der Waals surface area (Å²) in [6.07, 6.45) is 1.86. The van der Waals surface area contributed by atoms with Gasteiger partial charge < -0.3 is 19.5 Å². The second kappa shape index (κ2) is 9.46. The number of amides is 1. The number of rotatable bonds is 7. The lowest BCUT2D eigenvalue weighted by atomic mass is 10.0. The van der Waals surface area contributed by atoms with E-state index in [0.717, 1.165) is 11.1 Å². The number of nitrogens with one attached hydrogen (secondary N) is 1. The number of benzene rings is 3. The minimum absolute atomic E-state index is 0.241. The van der Waals surface area contributed by atoms with Crippen molar-refractivity contribution in [2.75, 3.05) is 26.6 Å². The van der Waals surface area contributed by atoms with Gasteiger partial charge in [0.2, 0.25) is 5.75 Å². The molecule has 0 aromatic heterocycles. The lowest BCUT2D eigenvalue weighted by Gasteiger charge is -2.15. The largest absolute Gasteiger partial charge is 0.493 e. The number of carbonyl (C=O) groups is 1. The SMILES string of the molecule is COc1cc(NC(=O)/C(=C/c2ccccc2)c2ccccc2)cc(OC)c1OC. The molecular formula is C24H23NO4. The number of hydrogen-bond acceptors (Lipinski definition) is 4. The number of ether oxygens (including phenoxy) is 3. The molecule has 0 aliphatic heterocycles. The maximum atomic E-state index is 13.2. The van der Waals surface area contributed by atoms with E-state index in [9.17, 15) is 4.79 Å². The van der Waals surface area contributed by atoms with Gasteiger partial charge in [0.15, 0.2) is 11.5 Å². The van der Waals surface area contributed by atoms with Gasteiger partial charge in [-0.3, -0.25) is 4.79 Å². The van der Waals surface area contributed by atoms with Crippen LogP contribution >= 0.6 is 0 Å². The zero-order chi connectivity index (χ0) is 20.6. The van der Waals surface area contributed by atoms with E-state index in [1.165, 1.54) is 21.3 Å². The summed E-state index contributed by atoms with van der Waals surface area (Å²) in [4.78, 5) is 13.2. The van der Waals surface area contributed by atoms with Crippen molar-refractivity contribution >= 4 is 23.2 Å². The van der Waals surface area contributed by atoms with Gasteiger partial charge in [-0.25, -0.2) is 0 Å². The van der Waals surface area contributed by atoms with E-state index in [1.54, 1.807) is 12.1 Å². The second-order valence-electron chi connectivity index (χ2n) is 6.20. The van der Waals surface area contributed by atoms with Crippen LogP contribution in [0.2, 0.25) is 0 Å². The van der Waals surface area contributed by atoms with Gasteiger partial charge >= 0.3 is 0 Å². The van der Waals surface area contributed by atoms with Crippen LogP contribution in [0.3, 0.4) is 0 Å². The van der Waals surface area contributed by atoms with Crippen LogP contribution < -0.4 is 19.5 Å². The molecule has 3 aromatic carbocycles. The van der Waals surface area contributed by atoms with Gasteiger partial charge in [0, 0.05) is 23.4 Å². The summed E-state index contributed by atoms with van der Waals surface area (Å²) in [6, 6.07) is 22.7. The highest BCUT2D eigenvalue weighted by atomic mass is 16.5. The Morgan fingerprint density at radius 1 is 0.793 bits per heavy atom. The third-order valence-corrected chi connectivity index (χ3v) is 4.36. The van der Waals surface area contributed by atoms with Crippen molar-refractivity contribution in [3.05, 3.63) is 83.9 Å². The third kappa shape index (κ3) is 4.76. The van der Waals surface area contributed by atoms with Gasteiger partial charge in [-0.15, -0.1) is 0 Å². The Kier molecular flexibility index (Phi) is 6.53. The highest BCUT2D eigenvalue weighted by molar-refractivity contribution is 6.29. The number of methoxy groups -OCH3 is 3. The molecule has 5 nitrogen and oxygen atoms in total. The van der Waals surface area contributed by atoms with Crippen molar-refractivity contribution in [1.82, 2.24) is 0 Å². The zero-order valence-corrected chi connectivity index (χ0v) is 16.6. The molecule has 3 rings (SSSR count). The van der Waals surface area contributed by atoms with E-state index in [2.05, 4.69) is 5.32 Å². The Balaban J connectivity index is 1.99. The molecule has 0 bridgehead atoms. The predicted molar refractivity (Wildman–Crippen MR) is 115 cm³/mol. The van der Waals surface area contributed by atoms with E-state index in [1.807, 2.05) is 66.7 Å². The van der Waals surface area contributed by atoms with E-state index in [0.29, 0.717) is 28.5 Å². The molecule has 1 amide bonds. The van der Waals surface area contributed by atoms with Crippen LogP contribution in [0.1, 0.15) is 11.1 Å². The molecule has 29 heavy (non-hydrogen) atoms. The minimum atomic E-state index is -0.241. The maximum absolute atomic E-state index is 13.2. The molecule has 0 unspecified atom stereocenters. The third-order valence-electron chi connectivity index (χ3n) is 4.36. The van der Waals surface area contributed by atoms with Crippen molar-refractivity contribution in [3.8, 4) is 17.2 Å². The quantitative estimate of drug-likeness (QED) is 0.462. The van der Waals surface area contributed by atoms with Crippen LogP contribution in [0, 0.1) is 0 Å². The lowest BCUT2D eigenvalue weighted by molar-refractivity contribution is -0.111. The number of anilines is 1. The summed E-state index contributed by atoms with van der Waals surface area (Å²) >= 11 is 0.